The molecule has 1 saturated carbocycles. The zero-order valence-corrected chi connectivity index (χ0v) is 19.6. The second-order valence-corrected chi connectivity index (χ2v) is 9.00. The third kappa shape index (κ3) is 6.12. The summed E-state index contributed by atoms with van der Waals surface area (Å²) in [6, 6.07) is 15.6. The molecular formula is C29H28F4O2. The maximum absolute atomic E-state index is 14.9. The fraction of sp³-hybridized carbons (Fsp3) is 0.310. The Morgan fingerprint density at radius 3 is 1.86 bits per heavy atom. The minimum absolute atomic E-state index is 0.0372. The van der Waals surface area contributed by atoms with Crippen molar-refractivity contribution in [2.45, 2.75) is 44.8 Å². The van der Waals surface area contributed by atoms with Crippen LogP contribution in [-0.2, 0) is 4.74 Å². The van der Waals surface area contributed by atoms with E-state index in [0.717, 1.165) is 18.4 Å². The molecule has 0 atom stereocenters. The molecule has 1 aliphatic carbocycles. The summed E-state index contributed by atoms with van der Waals surface area (Å²) in [6.07, 6.45) is 1.36. The summed E-state index contributed by atoms with van der Waals surface area (Å²) in [7, 11) is 0. The number of hydrogen-bond donors (Lipinski definition) is 0. The van der Waals surface area contributed by atoms with E-state index in [4.69, 9.17) is 9.47 Å². The number of benzene rings is 3. The Hall–Kier alpha value is -3.12. The van der Waals surface area contributed by atoms with E-state index in [9.17, 15) is 17.6 Å². The van der Waals surface area contributed by atoms with Crippen molar-refractivity contribution in [2.24, 2.45) is 5.92 Å². The van der Waals surface area contributed by atoms with Crippen LogP contribution in [0.15, 0.2) is 73.3 Å². The highest BCUT2D eigenvalue weighted by Gasteiger charge is 2.34. The predicted molar refractivity (Wildman–Crippen MR) is 129 cm³/mol. The first-order valence-electron chi connectivity index (χ1n) is 11.7. The molecular weight excluding hydrogens is 456 g/mol. The van der Waals surface area contributed by atoms with Gasteiger partial charge in [-0.15, -0.1) is 6.58 Å². The Kier molecular flexibility index (Phi) is 7.60. The molecule has 0 aromatic heterocycles. The maximum atomic E-state index is 14.9. The normalized spacial score (nSPS) is 18.3. The van der Waals surface area contributed by atoms with Crippen LogP contribution in [0.4, 0.5) is 17.6 Å². The smallest absolute Gasteiger partial charge is 0.421 e. The average molecular weight is 485 g/mol. The zero-order chi connectivity index (χ0) is 25.0. The lowest BCUT2D eigenvalue weighted by atomic mass is 9.87. The van der Waals surface area contributed by atoms with Crippen molar-refractivity contribution in [2.75, 3.05) is 6.61 Å². The van der Waals surface area contributed by atoms with Gasteiger partial charge in [0.2, 0.25) is 0 Å². The molecule has 0 saturated heterocycles. The van der Waals surface area contributed by atoms with Gasteiger partial charge in [0.05, 0.1) is 6.10 Å². The van der Waals surface area contributed by atoms with Gasteiger partial charge in [-0.25, -0.2) is 8.78 Å². The van der Waals surface area contributed by atoms with Gasteiger partial charge in [-0.05, 0) is 61.8 Å². The van der Waals surface area contributed by atoms with Gasteiger partial charge in [-0.1, -0.05) is 60.2 Å². The molecule has 6 heteroatoms. The van der Waals surface area contributed by atoms with E-state index < -0.39 is 24.3 Å². The van der Waals surface area contributed by atoms with Crippen LogP contribution in [0.25, 0.3) is 22.3 Å². The highest BCUT2D eigenvalue weighted by molar-refractivity contribution is 5.72. The molecule has 0 unspecified atom stereocenters. The summed E-state index contributed by atoms with van der Waals surface area (Å²) in [5.74, 6) is -1.63. The van der Waals surface area contributed by atoms with Crippen LogP contribution in [0.3, 0.4) is 0 Å². The molecule has 3 aromatic rings. The van der Waals surface area contributed by atoms with E-state index in [2.05, 4.69) is 6.58 Å². The molecule has 4 rings (SSSR count). The number of rotatable bonds is 8. The van der Waals surface area contributed by atoms with Crippen LogP contribution in [0, 0.1) is 24.5 Å². The SMILES string of the molecule is C=CC1CCC(OCC(F)(F)Oc2ccc(-c3ccc(-c4ccc(C)cc4)c(F)c3F)cc2)CC1. The molecule has 1 aliphatic rings. The summed E-state index contributed by atoms with van der Waals surface area (Å²) in [5.41, 5.74) is 2.13. The van der Waals surface area contributed by atoms with E-state index in [1.54, 1.807) is 12.1 Å². The lowest BCUT2D eigenvalue weighted by Gasteiger charge is -2.28. The molecule has 1 fully saturated rings. The van der Waals surface area contributed by atoms with E-state index in [-0.39, 0.29) is 23.0 Å². The number of hydrogen-bond acceptors (Lipinski definition) is 2. The summed E-state index contributed by atoms with van der Waals surface area (Å²) in [5, 5.41) is 0. The van der Waals surface area contributed by atoms with Gasteiger partial charge in [0, 0.05) is 11.1 Å². The number of aryl methyl sites for hydroxylation is 1. The van der Waals surface area contributed by atoms with E-state index in [1.807, 2.05) is 25.1 Å². The maximum Gasteiger partial charge on any atom is 0.421 e. The number of ether oxygens (including phenoxy) is 2. The topological polar surface area (TPSA) is 18.5 Å². The monoisotopic (exact) mass is 484 g/mol. The lowest BCUT2D eigenvalue weighted by Crippen LogP contribution is -2.34. The molecule has 2 nitrogen and oxygen atoms in total. The van der Waals surface area contributed by atoms with E-state index >= 15 is 0 Å². The van der Waals surface area contributed by atoms with Crippen molar-refractivity contribution in [1.29, 1.82) is 0 Å². The summed E-state index contributed by atoms with van der Waals surface area (Å²) in [6.45, 7) is 4.84. The summed E-state index contributed by atoms with van der Waals surface area (Å²) in [4.78, 5) is 0. The Labute approximate surface area is 203 Å². The van der Waals surface area contributed by atoms with Crippen LogP contribution >= 0.6 is 0 Å². The van der Waals surface area contributed by atoms with Crippen LogP contribution < -0.4 is 4.74 Å². The second kappa shape index (κ2) is 10.6. The Bertz CT molecular complexity index is 1150. The summed E-state index contributed by atoms with van der Waals surface area (Å²) >= 11 is 0. The minimum Gasteiger partial charge on any atom is -0.431 e. The fourth-order valence-electron chi connectivity index (χ4n) is 4.34. The fourth-order valence-corrected chi connectivity index (χ4v) is 4.34. The quantitative estimate of drug-likeness (QED) is 0.236. The van der Waals surface area contributed by atoms with E-state index in [1.165, 1.54) is 36.4 Å². The van der Waals surface area contributed by atoms with Crippen molar-refractivity contribution in [3.05, 3.63) is 90.5 Å². The molecule has 0 bridgehead atoms. The minimum atomic E-state index is -3.51. The Balaban J connectivity index is 1.40. The third-order valence-electron chi connectivity index (χ3n) is 6.42. The van der Waals surface area contributed by atoms with Gasteiger partial charge < -0.3 is 9.47 Å². The van der Waals surface area contributed by atoms with Gasteiger partial charge in [-0.2, -0.15) is 8.78 Å². The molecule has 184 valence electrons. The number of halogens is 4. The third-order valence-corrected chi connectivity index (χ3v) is 6.42. The highest BCUT2D eigenvalue weighted by Crippen LogP contribution is 2.33. The number of alkyl halides is 2. The van der Waals surface area contributed by atoms with Crippen molar-refractivity contribution in [3.63, 3.8) is 0 Å². The van der Waals surface area contributed by atoms with Gasteiger partial charge in [0.15, 0.2) is 18.2 Å². The molecule has 0 radical (unpaired) electrons. The molecule has 0 heterocycles. The van der Waals surface area contributed by atoms with Crippen LogP contribution in [-0.4, -0.2) is 18.8 Å². The van der Waals surface area contributed by atoms with Crippen LogP contribution in [0.5, 0.6) is 5.75 Å². The molecule has 0 aliphatic heterocycles. The molecule has 0 amide bonds. The lowest BCUT2D eigenvalue weighted by molar-refractivity contribution is -0.222. The van der Waals surface area contributed by atoms with Crippen molar-refractivity contribution in [1.82, 2.24) is 0 Å². The second-order valence-electron chi connectivity index (χ2n) is 9.00. The van der Waals surface area contributed by atoms with Gasteiger partial charge in [0.1, 0.15) is 5.75 Å². The average Bonchev–Trinajstić information content (AvgIpc) is 2.86. The first-order chi connectivity index (χ1) is 16.8. The van der Waals surface area contributed by atoms with Crippen molar-refractivity contribution < 1.29 is 27.0 Å². The standard InChI is InChI=1S/C29H28F4O2/c1-3-20-6-12-23(13-7-20)34-18-29(32,33)35-24-14-10-22(11-15-24)26-17-16-25(27(30)28(26)31)21-8-4-19(2)5-9-21/h3-5,8-11,14-17,20,23H,1,6-7,12-13,18H2,2H3. The van der Waals surface area contributed by atoms with Crippen molar-refractivity contribution >= 4 is 0 Å². The van der Waals surface area contributed by atoms with Crippen molar-refractivity contribution in [3.8, 4) is 28.0 Å². The first kappa shape index (κ1) is 25.0. The summed E-state index contributed by atoms with van der Waals surface area (Å²) < 4.78 is 68.5. The van der Waals surface area contributed by atoms with Crippen LogP contribution in [0.2, 0.25) is 0 Å². The van der Waals surface area contributed by atoms with E-state index in [0.29, 0.717) is 29.9 Å². The largest absolute Gasteiger partial charge is 0.431 e. The van der Waals surface area contributed by atoms with Gasteiger partial charge >= 0.3 is 6.11 Å². The first-order valence-corrected chi connectivity index (χ1v) is 11.7. The highest BCUT2D eigenvalue weighted by atomic mass is 19.3. The Morgan fingerprint density at radius 2 is 1.34 bits per heavy atom. The Morgan fingerprint density at radius 1 is 0.829 bits per heavy atom. The zero-order valence-electron chi connectivity index (χ0n) is 19.6. The molecule has 0 N–H and O–H groups in total. The molecule has 0 spiro atoms. The number of allylic oxidation sites excluding steroid dienone is 1. The molecule has 3 aromatic carbocycles. The van der Waals surface area contributed by atoms with Gasteiger partial charge in [-0.3, -0.25) is 0 Å². The predicted octanol–water partition coefficient (Wildman–Crippen LogP) is 8.34. The molecule has 35 heavy (non-hydrogen) atoms. The van der Waals surface area contributed by atoms with Gasteiger partial charge in [0.25, 0.3) is 0 Å². The van der Waals surface area contributed by atoms with Crippen LogP contribution in [0.1, 0.15) is 31.2 Å².